The molecule has 1 atom stereocenters. The molecule has 3 aromatic rings. The quantitative estimate of drug-likeness (QED) is 0.330. The van der Waals surface area contributed by atoms with Crippen molar-refractivity contribution in [2.75, 3.05) is 26.7 Å². The first kappa shape index (κ1) is 27.3. The molecule has 0 saturated carbocycles. The standard InChI is InChI=1S/C29H36N4O5/c1-4-23(35)12-7-5-6-11-21(15-30-27(36)22-17-33(18-22)19(2)34)28-31-16-26(38-28)24-14-20-10-8-9-13-25(20)32-29(24)37-3/h8-10,13-14,16,21-22H,4-7,11-12,15,17-18H2,1-3H3,(H,30,36). The van der Waals surface area contributed by atoms with Gasteiger partial charge in [-0.1, -0.05) is 38.0 Å². The van der Waals surface area contributed by atoms with Crippen molar-refractivity contribution in [3.05, 3.63) is 42.4 Å². The number of ether oxygens (including phenoxy) is 1. The molecule has 1 saturated heterocycles. The molecule has 1 unspecified atom stereocenters. The van der Waals surface area contributed by atoms with E-state index in [0.29, 0.717) is 55.6 Å². The minimum atomic E-state index is -0.187. The minimum Gasteiger partial charge on any atom is -0.480 e. The fourth-order valence-electron chi connectivity index (χ4n) is 4.68. The second-order valence-corrected chi connectivity index (χ2v) is 9.86. The van der Waals surface area contributed by atoms with E-state index in [2.05, 4.69) is 15.3 Å². The number of Topliss-reactive ketones (excluding diaryl/α,β-unsaturated/α-hetero) is 1. The number of aromatic nitrogens is 2. The predicted octanol–water partition coefficient (Wildman–Crippen LogP) is 4.51. The van der Waals surface area contributed by atoms with Crippen LogP contribution in [0.3, 0.4) is 0 Å². The van der Waals surface area contributed by atoms with E-state index in [1.807, 2.05) is 37.3 Å². The van der Waals surface area contributed by atoms with Gasteiger partial charge in [-0.25, -0.2) is 9.97 Å². The van der Waals surface area contributed by atoms with E-state index in [1.165, 1.54) is 6.92 Å². The number of methoxy groups -OCH3 is 1. The van der Waals surface area contributed by atoms with Crippen LogP contribution in [0.25, 0.3) is 22.2 Å². The Hall–Kier alpha value is -3.75. The molecule has 38 heavy (non-hydrogen) atoms. The Morgan fingerprint density at radius 3 is 2.71 bits per heavy atom. The molecule has 0 radical (unpaired) electrons. The van der Waals surface area contributed by atoms with Crippen molar-refractivity contribution in [2.24, 2.45) is 5.92 Å². The van der Waals surface area contributed by atoms with E-state index in [4.69, 9.17) is 9.15 Å². The highest BCUT2D eigenvalue weighted by molar-refractivity contribution is 5.85. The number of rotatable bonds is 13. The fourth-order valence-corrected chi connectivity index (χ4v) is 4.68. The van der Waals surface area contributed by atoms with E-state index in [1.54, 1.807) is 18.2 Å². The summed E-state index contributed by atoms with van der Waals surface area (Å²) in [6.45, 7) is 4.69. The molecule has 0 aliphatic carbocycles. The number of fused-ring (bicyclic) bond motifs is 1. The number of nitrogens with zero attached hydrogens (tertiary/aromatic N) is 3. The molecule has 1 aliphatic heterocycles. The van der Waals surface area contributed by atoms with Gasteiger partial charge in [-0.15, -0.1) is 0 Å². The lowest BCUT2D eigenvalue weighted by Crippen LogP contribution is -2.55. The molecule has 2 amide bonds. The van der Waals surface area contributed by atoms with Gasteiger partial charge in [0.05, 0.1) is 36.2 Å². The number of carbonyl (C=O) groups is 3. The maximum Gasteiger partial charge on any atom is 0.226 e. The van der Waals surface area contributed by atoms with Gasteiger partial charge in [0.1, 0.15) is 5.78 Å². The Balaban J connectivity index is 1.46. The fraction of sp³-hybridized carbons (Fsp3) is 0.483. The lowest BCUT2D eigenvalue weighted by molar-refractivity contribution is -0.141. The minimum absolute atomic E-state index is 0.0144. The molecule has 4 rings (SSSR count). The van der Waals surface area contributed by atoms with Crippen molar-refractivity contribution in [1.82, 2.24) is 20.2 Å². The van der Waals surface area contributed by atoms with Crippen molar-refractivity contribution < 1.29 is 23.5 Å². The number of hydrogen-bond donors (Lipinski definition) is 1. The van der Waals surface area contributed by atoms with Gasteiger partial charge >= 0.3 is 0 Å². The molecule has 0 spiro atoms. The van der Waals surface area contributed by atoms with Crippen molar-refractivity contribution >= 4 is 28.5 Å². The third-order valence-electron chi connectivity index (χ3n) is 7.14. The third-order valence-corrected chi connectivity index (χ3v) is 7.14. The highest BCUT2D eigenvalue weighted by Crippen LogP contribution is 2.34. The number of oxazole rings is 1. The number of benzene rings is 1. The number of hydrogen-bond acceptors (Lipinski definition) is 7. The van der Waals surface area contributed by atoms with Crippen LogP contribution in [-0.2, 0) is 14.4 Å². The number of pyridine rings is 1. The Morgan fingerprint density at radius 2 is 1.97 bits per heavy atom. The maximum atomic E-state index is 12.7. The van der Waals surface area contributed by atoms with E-state index in [0.717, 1.165) is 36.6 Å². The van der Waals surface area contributed by atoms with Crippen LogP contribution < -0.4 is 10.1 Å². The Kier molecular flexibility index (Phi) is 9.10. The normalized spacial score (nSPS) is 14.2. The summed E-state index contributed by atoms with van der Waals surface area (Å²) in [4.78, 5) is 46.6. The maximum absolute atomic E-state index is 12.7. The van der Waals surface area contributed by atoms with Gasteiger partial charge in [0.2, 0.25) is 17.7 Å². The Labute approximate surface area is 223 Å². The van der Waals surface area contributed by atoms with Crippen molar-refractivity contribution in [3.63, 3.8) is 0 Å². The van der Waals surface area contributed by atoms with Gasteiger partial charge in [0.25, 0.3) is 0 Å². The van der Waals surface area contributed by atoms with Crippen molar-refractivity contribution in [1.29, 1.82) is 0 Å². The SMILES string of the molecule is CCC(=O)CCCCCC(CNC(=O)C1CN(C(C)=O)C1)c1ncc(-c2cc3ccccc3nc2OC)o1. The lowest BCUT2D eigenvalue weighted by Gasteiger charge is -2.37. The second-order valence-electron chi connectivity index (χ2n) is 9.86. The van der Waals surface area contributed by atoms with Gasteiger partial charge in [0, 0.05) is 44.8 Å². The molecule has 9 heteroatoms. The predicted molar refractivity (Wildman–Crippen MR) is 144 cm³/mol. The first-order valence-corrected chi connectivity index (χ1v) is 13.3. The number of para-hydroxylation sites is 1. The van der Waals surface area contributed by atoms with Gasteiger partial charge in [0.15, 0.2) is 11.7 Å². The van der Waals surface area contributed by atoms with E-state index < -0.39 is 0 Å². The van der Waals surface area contributed by atoms with Crippen LogP contribution in [0.4, 0.5) is 0 Å². The van der Waals surface area contributed by atoms with Gasteiger partial charge in [-0.2, -0.15) is 0 Å². The summed E-state index contributed by atoms with van der Waals surface area (Å²) in [5, 5.41) is 4.00. The largest absolute Gasteiger partial charge is 0.480 e. The number of likely N-dealkylation sites (tertiary alicyclic amines) is 1. The van der Waals surface area contributed by atoms with Crippen LogP contribution >= 0.6 is 0 Å². The van der Waals surface area contributed by atoms with Crippen LogP contribution in [0.2, 0.25) is 0 Å². The van der Waals surface area contributed by atoms with Crippen LogP contribution in [0.5, 0.6) is 5.88 Å². The molecule has 1 aliphatic rings. The van der Waals surface area contributed by atoms with Crippen LogP contribution in [0.1, 0.15) is 64.2 Å². The molecule has 202 valence electrons. The molecule has 1 N–H and O–H groups in total. The first-order valence-electron chi connectivity index (χ1n) is 13.3. The van der Waals surface area contributed by atoms with E-state index in [-0.39, 0.29) is 29.4 Å². The summed E-state index contributed by atoms with van der Waals surface area (Å²) >= 11 is 0. The highest BCUT2D eigenvalue weighted by Gasteiger charge is 2.34. The molecule has 1 aromatic carbocycles. The van der Waals surface area contributed by atoms with Crippen LogP contribution in [0, 0.1) is 5.92 Å². The summed E-state index contributed by atoms with van der Waals surface area (Å²) in [5.74, 6) is 1.44. The molecule has 0 bridgehead atoms. The summed E-state index contributed by atoms with van der Waals surface area (Å²) in [7, 11) is 1.58. The average Bonchev–Trinajstić information content (AvgIpc) is 3.38. The number of amides is 2. The van der Waals surface area contributed by atoms with Crippen LogP contribution in [-0.4, -0.2) is 59.2 Å². The molecule has 2 aromatic heterocycles. The Bertz CT molecular complexity index is 1280. The number of unbranched alkanes of at least 4 members (excludes halogenated alkanes) is 2. The summed E-state index contributed by atoms with van der Waals surface area (Å²) < 4.78 is 11.8. The first-order chi connectivity index (χ1) is 18.4. The van der Waals surface area contributed by atoms with Gasteiger partial charge < -0.3 is 19.4 Å². The zero-order chi connectivity index (χ0) is 27.1. The zero-order valence-corrected chi connectivity index (χ0v) is 22.4. The summed E-state index contributed by atoms with van der Waals surface area (Å²) in [5.41, 5.74) is 1.54. The van der Waals surface area contributed by atoms with Gasteiger partial charge in [-0.05, 0) is 25.0 Å². The lowest BCUT2D eigenvalue weighted by atomic mass is 9.97. The Morgan fingerprint density at radius 1 is 1.18 bits per heavy atom. The zero-order valence-electron chi connectivity index (χ0n) is 22.4. The summed E-state index contributed by atoms with van der Waals surface area (Å²) in [6.07, 6.45) is 6.27. The van der Waals surface area contributed by atoms with Crippen LogP contribution in [0.15, 0.2) is 40.9 Å². The number of carbonyl (C=O) groups excluding carboxylic acids is 3. The number of nitrogens with one attached hydrogen (secondary N) is 1. The molecule has 9 nitrogen and oxygen atoms in total. The van der Waals surface area contributed by atoms with E-state index >= 15 is 0 Å². The third kappa shape index (κ3) is 6.57. The molecular formula is C29H36N4O5. The molecule has 3 heterocycles. The van der Waals surface area contributed by atoms with Crippen molar-refractivity contribution in [3.8, 4) is 17.2 Å². The highest BCUT2D eigenvalue weighted by atomic mass is 16.5. The monoisotopic (exact) mass is 520 g/mol. The van der Waals surface area contributed by atoms with Gasteiger partial charge in [-0.3, -0.25) is 14.4 Å². The molecular weight excluding hydrogens is 484 g/mol. The topological polar surface area (TPSA) is 115 Å². The second kappa shape index (κ2) is 12.7. The van der Waals surface area contributed by atoms with Crippen molar-refractivity contribution in [2.45, 2.75) is 58.3 Å². The average molecular weight is 521 g/mol. The van der Waals surface area contributed by atoms with E-state index in [9.17, 15) is 14.4 Å². The smallest absolute Gasteiger partial charge is 0.226 e. The number of ketones is 1. The summed E-state index contributed by atoms with van der Waals surface area (Å²) in [6, 6.07) is 9.77. The molecule has 1 fully saturated rings.